The highest BCUT2D eigenvalue weighted by Crippen LogP contribution is 2.53. The van der Waals surface area contributed by atoms with Gasteiger partial charge in [0, 0.05) is 38.4 Å². The Morgan fingerprint density at radius 1 is 0.418 bits per heavy atom. The van der Waals surface area contributed by atoms with Gasteiger partial charge in [0.1, 0.15) is 11.2 Å². The Kier molecular flexibility index (Phi) is 6.99. The van der Waals surface area contributed by atoms with Crippen LogP contribution in [0.2, 0.25) is 0 Å². The number of rotatable bonds is 5. The monoisotopic (exact) mass is 702 g/mol. The second-order valence-corrected chi connectivity index (χ2v) is 14.6. The molecule has 2 heterocycles. The molecule has 1 atom stereocenters. The van der Waals surface area contributed by atoms with E-state index in [0.717, 1.165) is 71.9 Å². The smallest absolute Gasteiger partial charge is 0.161 e. The molecule has 0 spiro atoms. The van der Waals surface area contributed by atoms with Gasteiger partial charge in [-0.1, -0.05) is 170 Å². The summed E-state index contributed by atoms with van der Waals surface area (Å²) in [4.78, 5) is 10.6. The molecule has 55 heavy (non-hydrogen) atoms. The van der Waals surface area contributed by atoms with Crippen LogP contribution in [0.15, 0.2) is 192 Å². The van der Waals surface area contributed by atoms with E-state index < -0.39 is 0 Å². The second kappa shape index (κ2) is 12.2. The van der Waals surface area contributed by atoms with Gasteiger partial charge in [0.2, 0.25) is 0 Å². The van der Waals surface area contributed by atoms with E-state index in [2.05, 4.69) is 183 Å². The molecule has 2 aromatic heterocycles. The topological polar surface area (TPSA) is 38.9 Å². The highest BCUT2D eigenvalue weighted by atomic mass is 16.3. The van der Waals surface area contributed by atoms with E-state index >= 15 is 0 Å². The van der Waals surface area contributed by atoms with E-state index in [1.807, 2.05) is 12.1 Å². The number of aromatic nitrogens is 2. The van der Waals surface area contributed by atoms with Gasteiger partial charge in [0.05, 0.1) is 11.4 Å². The van der Waals surface area contributed by atoms with E-state index in [4.69, 9.17) is 14.4 Å². The van der Waals surface area contributed by atoms with Crippen LogP contribution in [0.3, 0.4) is 0 Å². The predicted octanol–water partition coefficient (Wildman–Crippen LogP) is 13.5. The molecule has 0 radical (unpaired) electrons. The third kappa shape index (κ3) is 4.90. The fraction of sp³-hybridized carbons (Fsp3) is 0.0385. The van der Waals surface area contributed by atoms with E-state index in [1.165, 1.54) is 27.8 Å². The SMILES string of the molecule is CC1(c2ccccc2)c2ccccc2-c2cc(-c3cc(-c4ccc(-c5cccc6c5oc5ccccc56)cc4)nc(-c4cccc5ccccc45)n3)ccc21. The lowest BCUT2D eigenvalue weighted by atomic mass is 9.74. The van der Waals surface area contributed by atoms with Crippen molar-refractivity contribution in [3.05, 3.63) is 205 Å². The van der Waals surface area contributed by atoms with Crippen molar-refractivity contribution < 1.29 is 4.42 Å². The first-order chi connectivity index (χ1) is 27.1. The summed E-state index contributed by atoms with van der Waals surface area (Å²) in [6.45, 7) is 2.35. The molecule has 1 aliphatic rings. The van der Waals surface area contributed by atoms with Gasteiger partial charge >= 0.3 is 0 Å². The number of hydrogen-bond donors (Lipinski definition) is 0. The molecule has 3 nitrogen and oxygen atoms in total. The lowest BCUT2D eigenvalue weighted by Crippen LogP contribution is -2.22. The van der Waals surface area contributed by atoms with Gasteiger partial charge in [0.25, 0.3) is 0 Å². The van der Waals surface area contributed by atoms with Crippen molar-refractivity contribution in [1.82, 2.24) is 9.97 Å². The average molecular weight is 703 g/mol. The number of hydrogen-bond acceptors (Lipinski definition) is 3. The summed E-state index contributed by atoms with van der Waals surface area (Å²) < 4.78 is 6.39. The van der Waals surface area contributed by atoms with Crippen LogP contribution in [-0.2, 0) is 5.41 Å². The summed E-state index contributed by atoms with van der Waals surface area (Å²) in [5, 5.41) is 4.54. The summed E-state index contributed by atoms with van der Waals surface area (Å²) in [5.74, 6) is 0.704. The Hall–Kier alpha value is -7.10. The normalized spacial score (nSPS) is 14.7. The van der Waals surface area contributed by atoms with E-state index in [0.29, 0.717) is 5.82 Å². The van der Waals surface area contributed by atoms with Gasteiger partial charge in [-0.2, -0.15) is 0 Å². The van der Waals surface area contributed by atoms with Crippen molar-refractivity contribution >= 4 is 32.7 Å². The van der Waals surface area contributed by atoms with Crippen molar-refractivity contribution in [1.29, 1.82) is 0 Å². The summed E-state index contributed by atoms with van der Waals surface area (Å²) in [6, 6.07) is 66.8. The zero-order valence-electron chi connectivity index (χ0n) is 30.2. The third-order valence-electron chi connectivity index (χ3n) is 11.6. The summed E-state index contributed by atoms with van der Waals surface area (Å²) in [5.41, 5.74) is 15.0. The summed E-state index contributed by atoms with van der Waals surface area (Å²) in [6.07, 6.45) is 0. The van der Waals surface area contributed by atoms with Crippen molar-refractivity contribution in [2.75, 3.05) is 0 Å². The molecule has 3 heteroatoms. The minimum absolute atomic E-state index is 0.259. The van der Waals surface area contributed by atoms with Crippen molar-refractivity contribution in [2.24, 2.45) is 0 Å². The molecule has 0 amide bonds. The first kappa shape index (κ1) is 31.4. The highest BCUT2D eigenvalue weighted by Gasteiger charge is 2.40. The molecule has 8 aromatic carbocycles. The van der Waals surface area contributed by atoms with Gasteiger partial charge in [-0.15, -0.1) is 0 Å². The Labute approximate surface area is 319 Å². The van der Waals surface area contributed by atoms with Gasteiger partial charge in [-0.05, 0) is 69.3 Å². The van der Waals surface area contributed by atoms with E-state index in [9.17, 15) is 0 Å². The quantitative estimate of drug-likeness (QED) is 0.179. The van der Waals surface area contributed by atoms with Crippen LogP contribution < -0.4 is 0 Å². The van der Waals surface area contributed by atoms with Crippen LogP contribution in [0.25, 0.3) is 88.9 Å². The average Bonchev–Trinajstić information content (AvgIpc) is 3.77. The van der Waals surface area contributed by atoms with Crippen molar-refractivity contribution in [3.63, 3.8) is 0 Å². The molecule has 10 aromatic rings. The maximum absolute atomic E-state index is 6.39. The second-order valence-electron chi connectivity index (χ2n) is 14.6. The number of para-hydroxylation sites is 2. The lowest BCUT2D eigenvalue weighted by Gasteiger charge is -2.28. The number of furan rings is 1. The summed E-state index contributed by atoms with van der Waals surface area (Å²) in [7, 11) is 0. The first-order valence-electron chi connectivity index (χ1n) is 18.8. The molecule has 0 aliphatic heterocycles. The Bertz CT molecular complexity index is 3100. The van der Waals surface area contributed by atoms with Crippen LogP contribution in [0.5, 0.6) is 0 Å². The standard InChI is InChI=1S/C52H34N2O/c1-52(37-15-3-2-4-16-37)45-23-9-7-18-40(45)44-31-36(29-30-46(44)52)48-32-47(53-51(54-48)43-22-11-14-33-13-5-6-17-38(33)43)35-27-25-34(26-28-35)39-20-12-21-42-41-19-8-10-24-49(41)55-50(39)42/h2-32H,1H3. The molecule has 258 valence electrons. The zero-order valence-corrected chi connectivity index (χ0v) is 30.2. The summed E-state index contributed by atoms with van der Waals surface area (Å²) >= 11 is 0. The largest absolute Gasteiger partial charge is 0.455 e. The van der Waals surface area contributed by atoms with Gasteiger partial charge < -0.3 is 4.42 Å². The maximum atomic E-state index is 6.39. The Morgan fingerprint density at radius 2 is 1.02 bits per heavy atom. The molecule has 0 fully saturated rings. The van der Waals surface area contributed by atoms with Crippen molar-refractivity contribution in [2.45, 2.75) is 12.3 Å². The number of benzene rings is 8. The fourth-order valence-electron chi connectivity index (χ4n) is 8.82. The molecule has 0 saturated heterocycles. The molecular formula is C52H34N2O. The zero-order chi connectivity index (χ0) is 36.5. The van der Waals surface area contributed by atoms with Crippen LogP contribution in [0.1, 0.15) is 23.6 Å². The molecule has 0 N–H and O–H groups in total. The Balaban J connectivity index is 1.07. The molecule has 0 bridgehead atoms. The minimum Gasteiger partial charge on any atom is -0.455 e. The van der Waals surface area contributed by atoms with Crippen molar-refractivity contribution in [3.8, 4) is 56.2 Å². The van der Waals surface area contributed by atoms with Crippen LogP contribution in [-0.4, -0.2) is 9.97 Å². The van der Waals surface area contributed by atoms with Gasteiger partial charge in [-0.25, -0.2) is 9.97 Å². The third-order valence-corrected chi connectivity index (χ3v) is 11.6. The Morgan fingerprint density at radius 3 is 1.89 bits per heavy atom. The highest BCUT2D eigenvalue weighted by molar-refractivity contribution is 6.09. The van der Waals surface area contributed by atoms with E-state index in [1.54, 1.807) is 0 Å². The molecule has 1 aliphatic carbocycles. The van der Waals surface area contributed by atoms with Crippen LogP contribution >= 0.6 is 0 Å². The molecular weight excluding hydrogens is 669 g/mol. The maximum Gasteiger partial charge on any atom is 0.161 e. The fourth-order valence-corrected chi connectivity index (χ4v) is 8.82. The first-order valence-corrected chi connectivity index (χ1v) is 18.8. The van der Waals surface area contributed by atoms with Gasteiger partial charge in [-0.3, -0.25) is 0 Å². The lowest BCUT2D eigenvalue weighted by molar-refractivity contribution is 0.670. The van der Waals surface area contributed by atoms with Crippen LogP contribution in [0, 0.1) is 0 Å². The van der Waals surface area contributed by atoms with E-state index in [-0.39, 0.29) is 5.41 Å². The number of fused-ring (bicyclic) bond motifs is 7. The predicted molar refractivity (Wildman–Crippen MR) is 226 cm³/mol. The number of nitrogens with zero attached hydrogens (tertiary/aromatic N) is 2. The van der Waals surface area contributed by atoms with Crippen LogP contribution in [0.4, 0.5) is 0 Å². The molecule has 1 unspecified atom stereocenters. The molecule has 11 rings (SSSR count). The minimum atomic E-state index is -0.259. The molecule has 0 saturated carbocycles. The van der Waals surface area contributed by atoms with Gasteiger partial charge in [0.15, 0.2) is 5.82 Å².